The summed E-state index contributed by atoms with van der Waals surface area (Å²) in [5, 5.41) is 10.1. The third-order valence-electron chi connectivity index (χ3n) is 2.44. The van der Waals surface area contributed by atoms with E-state index < -0.39 is 6.10 Å². The van der Waals surface area contributed by atoms with Crippen molar-refractivity contribution in [2.24, 2.45) is 0 Å². The van der Waals surface area contributed by atoms with Crippen LogP contribution in [0, 0.1) is 0 Å². The molecule has 2 aromatic rings. The number of aliphatic hydroxyl groups is 1. The molecular weight excluding hydrogens is 262 g/mol. The lowest BCUT2D eigenvalue weighted by molar-refractivity contribution is 0.169. The molecule has 0 aliphatic carbocycles. The topological polar surface area (TPSA) is 111 Å². The van der Waals surface area contributed by atoms with Gasteiger partial charge in [0.15, 0.2) is 5.16 Å². The van der Waals surface area contributed by atoms with E-state index in [9.17, 15) is 5.11 Å². The van der Waals surface area contributed by atoms with Crippen LogP contribution in [-0.2, 0) is 0 Å². The van der Waals surface area contributed by atoms with Crippen molar-refractivity contribution in [2.75, 3.05) is 11.5 Å². The zero-order valence-electron chi connectivity index (χ0n) is 10.4. The van der Waals surface area contributed by atoms with Crippen molar-refractivity contribution in [3.05, 3.63) is 30.1 Å². The maximum absolute atomic E-state index is 9.66. The molecule has 6 nitrogen and oxygen atoms in total. The highest BCUT2D eigenvalue weighted by atomic mass is 32.2. The predicted molar refractivity (Wildman–Crippen MR) is 74.5 cm³/mol. The van der Waals surface area contributed by atoms with E-state index in [0.29, 0.717) is 28.9 Å². The molecule has 0 aromatic carbocycles. The number of aromatic nitrogens is 3. The molecule has 0 saturated carbocycles. The van der Waals surface area contributed by atoms with Crippen molar-refractivity contribution >= 4 is 23.4 Å². The van der Waals surface area contributed by atoms with Crippen molar-refractivity contribution in [3.63, 3.8) is 0 Å². The Balaban J connectivity index is 2.15. The lowest BCUT2D eigenvalue weighted by Gasteiger charge is -2.07. The van der Waals surface area contributed by atoms with Crippen LogP contribution >= 0.6 is 11.8 Å². The Morgan fingerprint density at radius 3 is 2.47 bits per heavy atom. The average molecular weight is 277 g/mol. The van der Waals surface area contributed by atoms with Gasteiger partial charge in [-0.2, -0.15) is 0 Å². The lowest BCUT2D eigenvalue weighted by atomic mass is 10.2. The van der Waals surface area contributed by atoms with E-state index in [1.54, 1.807) is 12.3 Å². The first-order valence-electron chi connectivity index (χ1n) is 5.80. The molecule has 2 aromatic heterocycles. The highest BCUT2D eigenvalue weighted by Crippen LogP contribution is 2.26. The highest BCUT2D eigenvalue weighted by Gasteiger charge is 2.08. The molecule has 100 valence electrons. The minimum atomic E-state index is -0.529. The predicted octanol–water partition coefficient (Wildman–Crippen LogP) is 1.63. The van der Waals surface area contributed by atoms with Crippen LogP contribution < -0.4 is 11.5 Å². The Kier molecular flexibility index (Phi) is 4.18. The number of aliphatic hydroxyl groups excluding tert-OH is 1. The maximum Gasteiger partial charge on any atom is 0.196 e. The molecular formula is C12H15N5OS. The van der Waals surface area contributed by atoms with Gasteiger partial charge in [0.05, 0.1) is 11.8 Å². The minimum Gasteiger partial charge on any atom is -0.387 e. The molecule has 5 N–H and O–H groups in total. The van der Waals surface area contributed by atoms with Crippen LogP contribution in [0.15, 0.2) is 34.4 Å². The van der Waals surface area contributed by atoms with Gasteiger partial charge in [-0.3, -0.25) is 4.98 Å². The standard InChI is InChI=1S/C12H15N5OS/c1-2-9(18)8-4-3-7(6-15-8)19-12-16-10(13)5-11(14)17-12/h3-6,9,18H,2H2,1H3,(H4,13,14,16,17)/t9-/m1/s1. The summed E-state index contributed by atoms with van der Waals surface area (Å²) in [6.45, 7) is 1.90. The fourth-order valence-corrected chi connectivity index (χ4v) is 2.23. The Bertz CT molecular complexity index is 540. The largest absolute Gasteiger partial charge is 0.387 e. The van der Waals surface area contributed by atoms with Crippen LogP contribution in [0.5, 0.6) is 0 Å². The molecule has 0 amide bonds. The van der Waals surface area contributed by atoms with Crippen LogP contribution in [0.2, 0.25) is 0 Å². The van der Waals surface area contributed by atoms with Gasteiger partial charge in [-0.1, -0.05) is 6.92 Å². The summed E-state index contributed by atoms with van der Waals surface area (Å²) in [5.41, 5.74) is 11.9. The van der Waals surface area contributed by atoms with Gasteiger partial charge in [0.2, 0.25) is 0 Å². The summed E-state index contributed by atoms with van der Waals surface area (Å²) in [5.74, 6) is 0.668. The molecule has 7 heteroatoms. The Hall–Kier alpha value is -1.86. The van der Waals surface area contributed by atoms with Gasteiger partial charge < -0.3 is 16.6 Å². The van der Waals surface area contributed by atoms with Crippen LogP contribution in [0.4, 0.5) is 11.6 Å². The summed E-state index contributed by atoms with van der Waals surface area (Å²) < 4.78 is 0. The van der Waals surface area contributed by atoms with Crippen molar-refractivity contribution < 1.29 is 5.11 Å². The smallest absolute Gasteiger partial charge is 0.196 e. The van der Waals surface area contributed by atoms with Gasteiger partial charge in [0.1, 0.15) is 11.6 Å². The average Bonchev–Trinajstić information content (AvgIpc) is 2.37. The fraction of sp³-hybridized carbons (Fsp3) is 0.250. The maximum atomic E-state index is 9.66. The zero-order valence-corrected chi connectivity index (χ0v) is 11.3. The number of nitrogen functional groups attached to an aromatic ring is 2. The third-order valence-corrected chi connectivity index (χ3v) is 3.28. The van der Waals surface area contributed by atoms with Gasteiger partial charge in [-0.25, -0.2) is 9.97 Å². The molecule has 2 rings (SSSR count). The van der Waals surface area contributed by atoms with E-state index in [1.165, 1.54) is 17.8 Å². The second-order valence-electron chi connectivity index (χ2n) is 3.95. The number of hydrogen-bond acceptors (Lipinski definition) is 7. The van der Waals surface area contributed by atoms with Crippen LogP contribution in [-0.4, -0.2) is 20.1 Å². The number of hydrogen-bond donors (Lipinski definition) is 3. The lowest BCUT2D eigenvalue weighted by Crippen LogP contribution is -2.00. The molecule has 0 aliphatic rings. The molecule has 0 bridgehead atoms. The zero-order chi connectivity index (χ0) is 13.8. The van der Waals surface area contributed by atoms with Gasteiger partial charge in [0.25, 0.3) is 0 Å². The molecule has 19 heavy (non-hydrogen) atoms. The number of nitrogens with zero attached hydrogens (tertiary/aromatic N) is 3. The van der Waals surface area contributed by atoms with Crippen molar-refractivity contribution in [2.45, 2.75) is 29.5 Å². The van der Waals surface area contributed by atoms with Gasteiger partial charge in [0, 0.05) is 17.2 Å². The summed E-state index contributed by atoms with van der Waals surface area (Å²) in [4.78, 5) is 13.2. The summed E-state index contributed by atoms with van der Waals surface area (Å²) in [6.07, 6.45) is 1.77. The second-order valence-corrected chi connectivity index (χ2v) is 4.99. The number of nitrogens with two attached hydrogens (primary N) is 2. The third kappa shape index (κ3) is 3.55. The van der Waals surface area contributed by atoms with Crippen LogP contribution in [0.25, 0.3) is 0 Å². The number of rotatable bonds is 4. The van der Waals surface area contributed by atoms with E-state index >= 15 is 0 Å². The highest BCUT2D eigenvalue weighted by molar-refractivity contribution is 7.99. The van der Waals surface area contributed by atoms with E-state index in [4.69, 9.17) is 11.5 Å². The van der Waals surface area contributed by atoms with Crippen molar-refractivity contribution in [3.8, 4) is 0 Å². The molecule has 2 heterocycles. The summed E-state index contributed by atoms with van der Waals surface area (Å²) in [7, 11) is 0. The van der Waals surface area contributed by atoms with Crippen molar-refractivity contribution in [1.82, 2.24) is 15.0 Å². The van der Waals surface area contributed by atoms with Gasteiger partial charge in [-0.05, 0) is 30.3 Å². The van der Waals surface area contributed by atoms with Gasteiger partial charge >= 0.3 is 0 Å². The van der Waals surface area contributed by atoms with Gasteiger partial charge in [-0.15, -0.1) is 0 Å². The monoisotopic (exact) mass is 277 g/mol. The number of pyridine rings is 1. The SMILES string of the molecule is CC[C@@H](O)c1ccc(Sc2nc(N)cc(N)n2)cn1. The molecule has 0 aliphatic heterocycles. The molecule has 0 fully saturated rings. The van der Waals surface area contributed by atoms with Crippen molar-refractivity contribution in [1.29, 1.82) is 0 Å². The molecule has 0 unspecified atom stereocenters. The molecule has 0 radical (unpaired) electrons. The Morgan fingerprint density at radius 2 is 1.95 bits per heavy atom. The first kappa shape index (κ1) is 13.6. The first-order chi connectivity index (χ1) is 9.08. The molecule has 0 spiro atoms. The van der Waals surface area contributed by atoms with Crippen LogP contribution in [0.1, 0.15) is 25.1 Å². The van der Waals surface area contributed by atoms with E-state index in [-0.39, 0.29) is 0 Å². The fourth-order valence-electron chi connectivity index (χ4n) is 1.47. The normalized spacial score (nSPS) is 12.3. The Morgan fingerprint density at radius 1 is 1.26 bits per heavy atom. The van der Waals surface area contributed by atoms with E-state index in [2.05, 4.69) is 15.0 Å². The summed E-state index contributed by atoms with van der Waals surface area (Å²) in [6, 6.07) is 5.14. The number of anilines is 2. The quantitative estimate of drug-likeness (QED) is 0.728. The van der Waals surface area contributed by atoms with Crippen LogP contribution in [0.3, 0.4) is 0 Å². The van der Waals surface area contributed by atoms with E-state index in [1.807, 2.05) is 13.0 Å². The summed E-state index contributed by atoms with van der Waals surface area (Å²) >= 11 is 1.32. The molecule has 0 saturated heterocycles. The first-order valence-corrected chi connectivity index (χ1v) is 6.62. The second kappa shape index (κ2) is 5.85. The Labute approximate surface area is 115 Å². The van der Waals surface area contributed by atoms with E-state index in [0.717, 1.165) is 4.90 Å². The minimum absolute atomic E-state index is 0.334. The molecule has 1 atom stereocenters.